The van der Waals surface area contributed by atoms with E-state index in [-0.39, 0.29) is 17.2 Å². The number of aromatic nitrogens is 2. The van der Waals surface area contributed by atoms with Gasteiger partial charge in [0, 0.05) is 32.6 Å². The number of allylic oxidation sites excluding steroid dienone is 1. The van der Waals surface area contributed by atoms with Gasteiger partial charge in [0.25, 0.3) is 5.56 Å². The van der Waals surface area contributed by atoms with Crippen molar-refractivity contribution in [3.63, 3.8) is 0 Å². The molecule has 2 rings (SSSR count). The lowest BCUT2D eigenvalue weighted by Crippen LogP contribution is -2.26. The van der Waals surface area contributed by atoms with Crippen molar-refractivity contribution >= 4 is 6.21 Å². The Morgan fingerprint density at radius 1 is 1.48 bits per heavy atom. The molecule has 2 N–H and O–H groups in total. The van der Waals surface area contributed by atoms with E-state index >= 15 is 0 Å². The molecule has 0 radical (unpaired) electrons. The number of ether oxygens (including phenoxy) is 1. The summed E-state index contributed by atoms with van der Waals surface area (Å²) >= 11 is 0. The summed E-state index contributed by atoms with van der Waals surface area (Å²) in [7, 11) is 4.76. The van der Waals surface area contributed by atoms with Crippen LogP contribution >= 0.6 is 0 Å². The summed E-state index contributed by atoms with van der Waals surface area (Å²) in [5, 5.41) is 9.51. The molecular weight excluding hydrogens is 342 g/mol. The van der Waals surface area contributed by atoms with Crippen LogP contribution in [0.5, 0.6) is 5.75 Å². The fourth-order valence-corrected chi connectivity index (χ4v) is 3.05. The molecule has 0 amide bonds. The number of aryl methyl sites for hydroxylation is 1. The van der Waals surface area contributed by atoms with E-state index in [9.17, 15) is 10.1 Å². The van der Waals surface area contributed by atoms with Crippen molar-refractivity contribution in [3.05, 3.63) is 69.0 Å². The van der Waals surface area contributed by atoms with Crippen LogP contribution < -0.4 is 16.0 Å². The van der Waals surface area contributed by atoms with E-state index in [0.717, 1.165) is 11.1 Å². The molecule has 1 aromatic heterocycles. The highest BCUT2D eigenvalue weighted by Gasteiger charge is 2.23. The Balaban J connectivity index is 2.64. The second-order valence-corrected chi connectivity index (χ2v) is 6.02. The van der Waals surface area contributed by atoms with E-state index in [1.807, 2.05) is 18.2 Å². The van der Waals surface area contributed by atoms with Crippen LogP contribution in [0.15, 0.2) is 45.8 Å². The molecule has 1 unspecified atom stereocenters. The maximum absolute atomic E-state index is 12.5. The standard InChI is InChI=1S/C20H23N5O2/c1-13-19(27-4)20(26)25(3)18(24-13)9-17(15(11-22)12-23-2)16-8-6-5-7-14(16)10-21/h5-8,11-12,17H,9,22H2,1-4H3/b15-11+,23-12?. The highest BCUT2D eigenvalue weighted by Crippen LogP contribution is 2.29. The van der Waals surface area contributed by atoms with E-state index in [2.05, 4.69) is 16.0 Å². The number of benzene rings is 1. The van der Waals surface area contributed by atoms with Gasteiger partial charge in [0.15, 0.2) is 0 Å². The topological polar surface area (TPSA) is 106 Å². The molecule has 1 heterocycles. The predicted octanol–water partition coefficient (Wildman–Crippen LogP) is 1.84. The van der Waals surface area contributed by atoms with E-state index < -0.39 is 0 Å². The Labute approximate surface area is 158 Å². The normalized spacial score (nSPS) is 12.8. The molecule has 0 saturated carbocycles. The van der Waals surface area contributed by atoms with Gasteiger partial charge in [0.05, 0.1) is 24.4 Å². The van der Waals surface area contributed by atoms with Crippen LogP contribution in [0.4, 0.5) is 0 Å². The Morgan fingerprint density at radius 2 is 2.19 bits per heavy atom. The minimum Gasteiger partial charge on any atom is -0.490 e. The van der Waals surface area contributed by atoms with Crippen LogP contribution in [0.2, 0.25) is 0 Å². The van der Waals surface area contributed by atoms with Crippen LogP contribution in [-0.4, -0.2) is 29.9 Å². The molecule has 1 aromatic carbocycles. The molecule has 7 heteroatoms. The van der Waals surface area contributed by atoms with E-state index in [1.165, 1.54) is 17.9 Å². The van der Waals surface area contributed by atoms with E-state index in [0.29, 0.717) is 23.5 Å². The summed E-state index contributed by atoms with van der Waals surface area (Å²) in [6.45, 7) is 1.73. The van der Waals surface area contributed by atoms with Crippen molar-refractivity contribution in [2.75, 3.05) is 14.2 Å². The van der Waals surface area contributed by atoms with Gasteiger partial charge in [-0.15, -0.1) is 0 Å². The minimum atomic E-state index is -0.277. The summed E-state index contributed by atoms with van der Waals surface area (Å²) in [4.78, 5) is 21.1. The third-order valence-electron chi connectivity index (χ3n) is 4.43. The lowest BCUT2D eigenvalue weighted by Gasteiger charge is -2.21. The molecule has 2 aromatic rings. The Hall–Kier alpha value is -3.40. The lowest BCUT2D eigenvalue weighted by molar-refractivity contribution is 0.395. The van der Waals surface area contributed by atoms with Crippen molar-refractivity contribution in [2.24, 2.45) is 17.8 Å². The first-order chi connectivity index (χ1) is 13.0. The van der Waals surface area contributed by atoms with Crippen LogP contribution in [0.3, 0.4) is 0 Å². The SMILES string of the molecule is CN=C/C(=C\N)C(Cc1nc(C)c(OC)c(=O)n1C)c1ccccc1C#N. The summed E-state index contributed by atoms with van der Waals surface area (Å²) in [6.07, 6.45) is 3.51. The number of nitrogens with two attached hydrogens (primary N) is 1. The van der Waals surface area contributed by atoms with Gasteiger partial charge in [0.2, 0.25) is 5.75 Å². The van der Waals surface area contributed by atoms with Gasteiger partial charge in [0.1, 0.15) is 5.82 Å². The van der Waals surface area contributed by atoms with Crippen molar-refractivity contribution in [3.8, 4) is 11.8 Å². The van der Waals surface area contributed by atoms with Gasteiger partial charge < -0.3 is 10.5 Å². The zero-order valence-corrected chi connectivity index (χ0v) is 15.9. The average Bonchev–Trinajstić information content (AvgIpc) is 2.68. The monoisotopic (exact) mass is 365 g/mol. The minimum absolute atomic E-state index is 0.222. The van der Waals surface area contributed by atoms with Gasteiger partial charge in [-0.05, 0) is 30.3 Å². The smallest absolute Gasteiger partial charge is 0.295 e. The van der Waals surface area contributed by atoms with Gasteiger partial charge in [-0.3, -0.25) is 14.4 Å². The van der Waals surface area contributed by atoms with Crippen molar-refractivity contribution in [2.45, 2.75) is 19.3 Å². The van der Waals surface area contributed by atoms with E-state index in [4.69, 9.17) is 10.5 Å². The number of hydrogen-bond acceptors (Lipinski definition) is 6. The van der Waals surface area contributed by atoms with Gasteiger partial charge in [-0.25, -0.2) is 4.98 Å². The molecular formula is C20H23N5O2. The predicted molar refractivity (Wildman–Crippen MR) is 105 cm³/mol. The fourth-order valence-electron chi connectivity index (χ4n) is 3.05. The Bertz CT molecular complexity index is 983. The zero-order chi connectivity index (χ0) is 20.0. The van der Waals surface area contributed by atoms with Gasteiger partial charge in [-0.2, -0.15) is 5.26 Å². The highest BCUT2D eigenvalue weighted by molar-refractivity contribution is 5.81. The largest absolute Gasteiger partial charge is 0.490 e. The number of aliphatic imine (C=N–C) groups is 1. The molecule has 27 heavy (non-hydrogen) atoms. The highest BCUT2D eigenvalue weighted by atomic mass is 16.5. The number of nitriles is 1. The molecule has 140 valence electrons. The molecule has 0 aliphatic rings. The third-order valence-corrected chi connectivity index (χ3v) is 4.43. The molecule has 0 spiro atoms. The van der Waals surface area contributed by atoms with Crippen LogP contribution in [0, 0.1) is 18.3 Å². The fraction of sp³-hybridized carbons (Fsp3) is 0.300. The third kappa shape index (κ3) is 4.06. The zero-order valence-electron chi connectivity index (χ0n) is 15.9. The summed E-state index contributed by atoms with van der Waals surface area (Å²) in [5.41, 5.74) is 8.19. The van der Waals surface area contributed by atoms with Crippen LogP contribution in [0.1, 0.15) is 28.6 Å². The maximum atomic E-state index is 12.5. The first-order valence-corrected chi connectivity index (χ1v) is 8.41. The van der Waals surface area contributed by atoms with Crippen molar-refractivity contribution in [1.82, 2.24) is 9.55 Å². The number of methoxy groups -OCH3 is 1. The Morgan fingerprint density at radius 3 is 2.78 bits per heavy atom. The first kappa shape index (κ1) is 19.9. The number of rotatable bonds is 6. The molecule has 0 aliphatic carbocycles. The van der Waals surface area contributed by atoms with Crippen molar-refractivity contribution in [1.29, 1.82) is 5.26 Å². The second kappa shape index (κ2) is 8.81. The van der Waals surface area contributed by atoms with Gasteiger partial charge >= 0.3 is 0 Å². The molecule has 0 saturated heterocycles. The first-order valence-electron chi connectivity index (χ1n) is 8.41. The van der Waals surface area contributed by atoms with Crippen LogP contribution in [0.25, 0.3) is 0 Å². The second-order valence-electron chi connectivity index (χ2n) is 6.02. The summed E-state index contributed by atoms with van der Waals surface area (Å²) in [6, 6.07) is 9.53. The quantitative estimate of drug-likeness (QED) is 0.786. The Kier molecular flexibility index (Phi) is 6.50. The number of nitrogens with zero attached hydrogens (tertiary/aromatic N) is 4. The molecule has 0 aliphatic heterocycles. The molecule has 7 nitrogen and oxygen atoms in total. The van der Waals surface area contributed by atoms with Gasteiger partial charge in [-0.1, -0.05) is 18.2 Å². The van der Waals surface area contributed by atoms with E-state index in [1.54, 1.807) is 33.3 Å². The van der Waals surface area contributed by atoms with Crippen LogP contribution in [-0.2, 0) is 13.5 Å². The summed E-state index contributed by atoms with van der Waals surface area (Å²) < 4.78 is 6.62. The molecule has 0 bridgehead atoms. The maximum Gasteiger partial charge on any atom is 0.295 e. The summed E-state index contributed by atoms with van der Waals surface area (Å²) in [5.74, 6) is 0.514. The lowest BCUT2D eigenvalue weighted by atomic mass is 9.86. The average molecular weight is 365 g/mol. The molecule has 0 fully saturated rings. The number of hydrogen-bond donors (Lipinski definition) is 1. The van der Waals surface area contributed by atoms with Crippen molar-refractivity contribution < 1.29 is 4.74 Å². The molecule has 1 atom stereocenters.